The van der Waals surface area contributed by atoms with Gasteiger partial charge < -0.3 is 25.8 Å². The molecule has 2 aromatic heterocycles. The van der Waals surface area contributed by atoms with Crippen LogP contribution in [0, 0.1) is 0 Å². The Labute approximate surface area is 128 Å². The van der Waals surface area contributed by atoms with Crippen molar-refractivity contribution in [1.82, 2.24) is 19.5 Å². The minimum atomic E-state index is -2.29. The van der Waals surface area contributed by atoms with Crippen molar-refractivity contribution in [3.8, 4) is 0 Å². The zero-order valence-corrected chi connectivity index (χ0v) is 11.6. The van der Waals surface area contributed by atoms with Crippen LogP contribution in [-0.4, -0.2) is 71.8 Å². The molecule has 4 atom stereocenters. The molecule has 5 N–H and O–H groups in total. The number of aromatic nitrogens is 4. The summed E-state index contributed by atoms with van der Waals surface area (Å²) in [7, 11) is 0. The number of aldehydes is 2. The number of imidazole rings is 1. The Morgan fingerprint density at radius 1 is 1.43 bits per heavy atom. The molecule has 23 heavy (non-hydrogen) atoms. The van der Waals surface area contributed by atoms with Crippen molar-refractivity contribution >= 4 is 29.6 Å². The Morgan fingerprint density at radius 2 is 2.17 bits per heavy atom. The van der Waals surface area contributed by atoms with Crippen molar-refractivity contribution in [3.05, 3.63) is 12.2 Å². The molecule has 3 heterocycles. The smallest absolute Gasteiger partial charge is 0.196 e. The third-order valence-corrected chi connectivity index (χ3v) is 3.76. The summed E-state index contributed by atoms with van der Waals surface area (Å²) < 4.78 is 6.55. The van der Waals surface area contributed by atoms with Crippen LogP contribution in [0.3, 0.4) is 0 Å². The maximum atomic E-state index is 11.1. The summed E-state index contributed by atoms with van der Waals surface area (Å²) in [5, 5.41) is 29.6. The van der Waals surface area contributed by atoms with Gasteiger partial charge in [-0.25, -0.2) is 15.0 Å². The molecule has 11 heteroatoms. The van der Waals surface area contributed by atoms with E-state index < -0.39 is 30.6 Å². The summed E-state index contributed by atoms with van der Waals surface area (Å²) in [5.41, 5.74) is 3.63. The van der Waals surface area contributed by atoms with Gasteiger partial charge in [0, 0.05) is 0 Å². The number of hydrogen-bond donors (Lipinski definition) is 4. The molecular formula is C12H13N5O6. The van der Waals surface area contributed by atoms with E-state index in [1.54, 1.807) is 0 Å². The van der Waals surface area contributed by atoms with E-state index in [2.05, 4.69) is 15.0 Å². The normalized spacial score (nSPS) is 30.7. The van der Waals surface area contributed by atoms with Crippen LogP contribution in [0.5, 0.6) is 0 Å². The van der Waals surface area contributed by atoms with Gasteiger partial charge in [-0.2, -0.15) is 0 Å². The van der Waals surface area contributed by atoms with E-state index in [9.17, 15) is 24.9 Å². The SMILES string of the molecule is Nc1nc(C=O)nc2c1ncn2[C@@H]1O[C@H](CO)[C@](O)(C=O)[C@H]1O. The third kappa shape index (κ3) is 2.09. The minimum absolute atomic E-state index is 0.0484. The van der Waals surface area contributed by atoms with Gasteiger partial charge in [-0.1, -0.05) is 0 Å². The lowest BCUT2D eigenvalue weighted by Crippen LogP contribution is -2.50. The van der Waals surface area contributed by atoms with Crippen molar-refractivity contribution in [2.75, 3.05) is 12.3 Å². The first-order valence-corrected chi connectivity index (χ1v) is 6.54. The van der Waals surface area contributed by atoms with Gasteiger partial charge in [-0.05, 0) is 0 Å². The summed E-state index contributed by atoms with van der Waals surface area (Å²) in [6, 6.07) is 0. The van der Waals surface area contributed by atoms with Crippen LogP contribution in [0.25, 0.3) is 11.2 Å². The molecule has 0 aromatic carbocycles. The first-order chi connectivity index (χ1) is 11.0. The van der Waals surface area contributed by atoms with Gasteiger partial charge in [0.05, 0.1) is 12.9 Å². The molecule has 1 aliphatic rings. The number of aliphatic hydroxyl groups is 3. The lowest BCUT2D eigenvalue weighted by molar-refractivity contribution is -0.140. The molecule has 2 aromatic rings. The van der Waals surface area contributed by atoms with E-state index in [0.717, 1.165) is 0 Å². The summed E-state index contributed by atoms with van der Waals surface area (Å²) in [6.45, 7) is -0.688. The Kier molecular flexibility index (Phi) is 3.56. The summed E-state index contributed by atoms with van der Waals surface area (Å²) in [6.07, 6.45) is -2.58. The fourth-order valence-corrected chi connectivity index (χ4v) is 2.52. The molecule has 0 aliphatic carbocycles. The Morgan fingerprint density at radius 3 is 2.74 bits per heavy atom. The van der Waals surface area contributed by atoms with Gasteiger partial charge in [0.15, 0.2) is 41.7 Å². The average molecular weight is 323 g/mol. The predicted molar refractivity (Wildman–Crippen MR) is 73.1 cm³/mol. The monoisotopic (exact) mass is 323 g/mol. The van der Waals surface area contributed by atoms with E-state index in [0.29, 0.717) is 6.29 Å². The number of anilines is 1. The molecule has 0 saturated carbocycles. The van der Waals surface area contributed by atoms with Crippen molar-refractivity contribution in [2.45, 2.75) is 24.0 Å². The minimum Gasteiger partial charge on any atom is -0.394 e. The second-order valence-electron chi connectivity index (χ2n) is 5.06. The standard InChI is InChI=1S/C12H13N5O6/c13-9-7-10(16-6(2-19)15-9)17(4-14-7)11-8(21)12(22,3-20)5(1-18)23-11/h2-5,8,11,18,21-22H,1H2,(H2,13,15,16)/t5-,8+,11-,12-/m1/s1. The number of rotatable bonds is 4. The molecule has 122 valence electrons. The topological polar surface area (TPSA) is 174 Å². The van der Waals surface area contributed by atoms with Crippen molar-refractivity contribution < 1.29 is 29.6 Å². The number of fused-ring (bicyclic) bond motifs is 1. The van der Waals surface area contributed by atoms with Crippen LogP contribution in [0.1, 0.15) is 16.8 Å². The van der Waals surface area contributed by atoms with Crippen LogP contribution in [0.2, 0.25) is 0 Å². The molecule has 11 nitrogen and oxygen atoms in total. The highest BCUT2D eigenvalue weighted by Crippen LogP contribution is 2.37. The van der Waals surface area contributed by atoms with Crippen LogP contribution < -0.4 is 5.73 Å². The highest BCUT2D eigenvalue weighted by molar-refractivity contribution is 5.85. The first-order valence-electron chi connectivity index (χ1n) is 6.54. The summed E-state index contributed by atoms with van der Waals surface area (Å²) >= 11 is 0. The van der Waals surface area contributed by atoms with Crippen LogP contribution in [0.15, 0.2) is 6.33 Å². The zero-order chi connectivity index (χ0) is 16.8. The largest absolute Gasteiger partial charge is 0.394 e. The number of nitrogens with zero attached hydrogens (tertiary/aromatic N) is 4. The molecule has 0 spiro atoms. The van der Waals surface area contributed by atoms with Gasteiger partial charge in [0.2, 0.25) is 0 Å². The predicted octanol–water partition coefficient (Wildman–Crippen LogP) is -2.60. The maximum Gasteiger partial charge on any atom is 0.196 e. The molecule has 0 unspecified atom stereocenters. The Hall–Kier alpha value is -2.47. The van der Waals surface area contributed by atoms with Gasteiger partial charge in [0.1, 0.15) is 17.7 Å². The first kappa shape index (κ1) is 15.4. The van der Waals surface area contributed by atoms with Crippen molar-refractivity contribution in [3.63, 3.8) is 0 Å². The molecule has 3 rings (SSSR count). The third-order valence-electron chi connectivity index (χ3n) is 3.76. The van der Waals surface area contributed by atoms with E-state index in [1.807, 2.05) is 0 Å². The number of nitrogen functional groups attached to an aromatic ring is 1. The second kappa shape index (κ2) is 5.31. The lowest BCUT2D eigenvalue weighted by atomic mass is 9.94. The summed E-state index contributed by atoms with van der Waals surface area (Å²) in [5.74, 6) is -0.249. The van der Waals surface area contributed by atoms with Gasteiger partial charge in [-0.15, -0.1) is 0 Å². The number of hydrogen-bond acceptors (Lipinski definition) is 10. The fraction of sp³-hybridized carbons (Fsp3) is 0.417. The second-order valence-corrected chi connectivity index (χ2v) is 5.06. The molecule has 1 aliphatic heterocycles. The van der Waals surface area contributed by atoms with E-state index in [-0.39, 0.29) is 29.1 Å². The lowest BCUT2D eigenvalue weighted by Gasteiger charge is -2.23. The van der Waals surface area contributed by atoms with Crippen LogP contribution in [0.4, 0.5) is 5.82 Å². The molecular weight excluding hydrogens is 310 g/mol. The Balaban J connectivity index is 2.12. The number of ether oxygens (including phenoxy) is 1. The highest BCUT2D eigenvalue weighted by atomic mass is 16.6. The quantitative estimate of drug-likeness (QED) is 0.437. The average Bonchev–Trinajstić information content (AvgIpc) is 3.08. The van der Waals surface area contributed by atoms with Gasteiger partial charge in [0.25, 0.3) is 0 Å². The number of nitrogens with two attached hydrogens (primary N) is 1. The highest BCUT2D eigenvalue weighted by Gasteiger charge is 2.56. The molecule has 1 fully saturated rings. The number of carbonyl (C=O) groups excluding carboxylic acids is 2. The van der Waals surface area contributed by atoms with Gasteiger partial charge in [-0.3, -0.25) is 14.2 Å². The molecule has 0 bridgehead atoms. The van der Waals surface area contributed by atoms with Gasteiger partial charge >= 0.3 is 0 Å². The Bertz CT molecular complexity index is 779. The number of aliphatic hydroxyl groups excluding tert-OH is 2. The molecule has 1 saturated heterocycles. The van der Waals surface area contributed by atoms with Crippen LogP contribution in [-0.2, 0) is 9.53 Å². The van der Waals surface area contributed by atoms with Crippen LogP contribution >= 0.6 is 0 Å². The molecule has 0 amide bonds. The maximum absolute atomic E-state index is 11.1. The van der Waals surface area contributed by atoms with Crippen molar-refractivity contribution in [2.24, 2.45) is 0 Å². The summed E-state index contributed by atoms with van der Waals surface area (Å²) in [4.78, 5) is 33.6. The van der Waals surface area contributed by atoms with Crippen molar-refractivity contribution in [1.29, 1.82) is 0 Å². The van der Waals surface area contributed by atoms with E-state index in [4.69, 9.17) is 10.5 Å². The van der Waals surface area contributed by atoms with E-state index in [1.165, 1.54) is 10.9 Å². The van der Waals surface area contributed by atoms with E-state index >= 15 is 0 Å². The fourth-order valence-electron chi connectivity index (χ4n) is 2.52. The molecule has 0 radical (unpaired) electrons. The number of carbonyl (C=O) groups is 2. The zero-order valence-electron chi connectivity index (χ0n) is 11.6.